The fraction of sp³-hybridized carbons (Fsp3) is 0.400. The molecule has 0 aromatic heterocycles. The Balaban J connectivity index is 3.59. The molecule has 0 aromatic carbocycles. The van der Waals surface area contributed by atoms with E-state index in [-0.39, 0.29) is 6.10 Å². The van der Waals surface area contributed by atoms with E-state index in [1.54, 1.807) is 6.08 Å². The highest BCUT2D eigenvalue weighted by Gasteiger charge is 2.01. The van der Waals surface area contributed by atoms with Gasteiger partial charge in [0.15, 0.2) is 0 Å². The van der Waals surface area contributed by atoms with Gasteiger partial charge < -0.3 is 4.74 Å². The summed E-state index contributed by atoms with van der Waals surface area (Å²) in [7, 11) is 0. The summed E-state index contributed by atoms with van der Waals surface area (Å²) in [6.07, 6.45) is 5.23. The van der Waals surface area contributed by atoms with Crippen molar-refractivity contribution in [1.29, 1.82) is 0 Å². The van der Waals surface area contributed by atoms with Gasteiger partial charge in [-0.3, -0.25) is 0 Å². The third-order valence-electron chi connectivity index (χ3n) is 1.39. The van der Waals surface area contributed by atoms with Crippen LogP contribution in [-0.2, 0) is 4.74 Å². The normalized spacial score (nSPS) is 11.7. The third-order valence-corrected chi connectivity index (χ3v) is 1.39. The maximum absolute atomic E-state index is 5.15. The smallest absolute Gasteiger partial charge is 0.116 e. The van der Waals surface area contributed by atoms with Crippen molar-refractivity contribution in [3.05, 3.63) is 37.6 Å². The largest absolute Gasteiger partial charge is 0.495 e. The van der Waals surface area contributed by atoms with Crippen LogP contribution in [0.3, 0.4) is 0 Å². The molecule has 0 aromatic rings. The van der Waals surface area contributed by atoms with Crippen molar-refractivity contribution in [1.82, 2.24) is 0 Å². The minimum absolute atomic E-state index is 0.0872. The van der Waals surface area contributed by atoms with Gasteiger partial charge in [0.05, 0.1) is 6.26 Å². The molecule has 0 N–H and O–H groups in total. The van der Waals surface area contributed by atoms with Crippen molar-refractivity contribution in [3.63, 3.8) is 0 Å². The van der Waals surface area contributed by atoms with E-state index in [1.807, 2.05) is 6.92 Å². The van der Waals surface area contributed by atoms with Crippen LogP contribution in [0.4, 0.5) is 0 Å². The molecule has 0 amide bonds. The molecule has 0 aliphatic rings. The molecule has 0 heterocycles. The van der Waals surface area contributed by atoms with E-state index in [0.717, 1.165) is 12.8 Å². The molecule has 1 heteroatoms. The van der Waals surface area contributed by atoms with Gasteiger partial charge in [0.2, 0.25) is 0 Å². The molecule has 0 saturated heterocycles. The van der Waals surface area contributed by atoms with Gasteiger partial charge in [-0.05, 0) is 19.8 Å². The highest BCUT2D eigenvalue weighted by atomic mass is 16.5. The van der Waals surface area contributed by atoms with Crippen LogP contribution in [0.15, 0.2) is 37.6 Å². The summed E-state index contributed by atoms with van der Waals surface area (Å²) in [5, 5.41) is 0. The molecule has 1 unspecified atom stereocenters. The summed E-state index contributed by atoms with van der Waals surface area (Å²) in [5.74, 6) is 0. The molecule has 1 nitrogen and oxygen atoms in total. The molecule has 0 rings (SSSR count). The highest BCUT2D eigenvalue weighted by molar-refractivity contribution is 4.91. The average Bonchev–Trinajstić information content (AvgIpc) is 1.97. The fourth-order valence-corrected chi connectivity index (χ4v) is 0.754. The van der Waals surface area contributed by atoms with E-state index in [2.05, 4.69) is 19.7 Å². The molecule has 11 heavy (non-hydrogen) atoms. The summed E-state index contributed by atoms with van der Waals surface area (Å²) in [5.41, 5.74) is 1.17. The third kappa shape index (κ3) is 5.46. The van der Waals surface area contributed by atoms with Gasteiger partial charge in [0, 0.05) is 0 Å². The highest BCUT2D eigenvalue weighted by Crippen LogP contribution is 2.08. The van der Waals surface area contributed by atoms with E-state index in [4.69, 9.17) is 4.74 Å². The number of allylic oxidation sites excluding steroid dienone is 1. The first kappa shape index (κ1) is 10.0. The van der Waals surface area contributed by atoms with Gasteiger partial charge >= 0.3 is 0 Å². The minimum atomic E-state index is 0.0872. The Bertz CT molecular complexity index is 147. The van der Waals surface area contributed by atoms with Crippen LogP contribution in [-0.4, -0.2) is 6.10 Å². The SMILES string of the molecule is C=COC(C=C)CCC(=C)C. The zero-order valence-corrected chi connectivity index (χ0v) is 7.18. The standard InChI is InChI=1S/C10H16O/c1-5-10(11-6-2)8-7-9(3)4/h5-6,10H,1-3,7-8H2,4H3. The lowest BCUT2D eigenvalue weighted by molar-refractivity contribution is 0.179. The molecular weight excluding hydrogens is 136 g/mol. The lowest BCUT2D eigenvalue weighted by Gasteiger charge is -2.10. The maximum atomic E-state index is 5.15. The van der Waals surface area contributed by atoms with Crippen LogP contribution < -0.4 is 0 Å². The first-order valence-corrected chi connectivity index (χ1v) is 3.74. The molecule has 0 radical (unpaired) electrons. The zero-order valence-electron chi connectivity index (χ0n) is 7.18. The van der Waals surface area contributed by atoms with Gasteiger partial charge in [0.25, 0.3) is 0 Å². The molecule has 0 saturated carbocycles. The van der Waals surface area contributed by atoms with E-state index in [9.17, 15) is 0 Å². The Morgan fingerprint density at radius 1 is 1.55 bits per heavy atom. The summed E-state index contributed by atoms with van der Waals surface area (Å²) >= 11 is 0. The van der Waals surface area contributed by atoms with E-state index >= 15 is 0 Å². The molecule has 0 aliphatic heterocycles. The van der Waals surface area contributed by atoms with Crippen LogP contribution in [0.1, 0.15) is 19.8 Å². The van der Waals surface area contributed by atoms with Crippen molar-refractivity contribution < 1.29 is 4.74 Å². The van der Waals surface area contributed by atoms with E-state index < -0.39 is 0 Å². The first-order chi connectivity index (χ1) is 5.20. The van der Waals surface area contributed by atoms with E-state index in [1.165, 1.54) is 11.8 Å². The van der Waals surface area contributed by atoms with Crippen LogP contribution in [0.2, 0.25) is 0 Å². The topological polar surface area (TPSA) is 9.23 Å². The summed E-state index contributed by atoms with van der Waals surface area (Å²) in [6, 6.07) is 0. The van der Waals surface area contributed by atoms with Crippen molar-refractivity contribution >= 4 is 0 Å². The second-order valence-electron chi connectivity index (χ2n) is 2.57. The summed E-state index contributed by atoms with van der Waals surface area (Å²) < 4.78 is 5.15. The van der Waals surface area contributed by atoms with E-state index in [0.29, 0.717) is 0 Å². The summed E-state index contributed by atoms with van der Waals surface area (Å²) in [6.45, 7) is 13.0. The Hall–Kier alpha value is -0.980. The molecular formula is C10H16O. The fourth-order valence-electron chi connectivity index (χ4n) is 0.754. The van der Waals surface area contributed by atoms with Crippen molar-refractivity contribution in [2.45, 2.75) is 25.9 Å². The maximum Gasteiger partial charge on any atom is 0.116 e. The van der Waals surface area contributed by atoms with Gasteiger partial charge in [-0.1, -0.05) is 24.8 Å². The Kier molecular flexibility index (Phi) is 5.26. The molecule has 0 bridgehead atoms. The molecule has 0 fully saturated rings. The second-order valence-corrected chi connectivity index (χ2v) is 2.57. The van der Waals surface area contributed by atoms with Gasteiger partial charge in [-0.25, -0.2) is 0 Å². The first-order valence-electron chi connectivity index (χ1n) is 3.74. The van der Waals surface area contributed by atoms with Crippen LogP contribution in [0.5, 0.6) is 0 Å². The molecule has 0 aliphatic carbocycles. The second kappa shape index (κ2) is 5.78. The van der Waals surface area contributed by atoms with Crippen molar-refractivity contribution in [2.24, 2.45) is 0 Å². The number of hydrogen-bond acceptors (Lipinski definition) is 1. The van der Waals surface area contributed by atoms with Gasteiger partial charge in [0.1, 0.15) is 6.10 Å². The quantitative estimate of drug-likeness (QED) is 0.420. The lowest BCUT2D eigenvalue weighted by Crippen LogP contribution is -2.04. The Morgan fingerprint density at radius 3 is 2.55 bits per heavy atom. The lowest BCUT2D eigenvalue weighted by atomic mass is 10.1. The molecule has 0 spiro atoms. The predicted octanol–water partition coefficient (Wildman–Crippen LogP) is 3.06. The molecule has 62 valence electrons. The summed E-state index contributed by atoms with van der Waals surface area (Å²) in [4.78, 5) is 0. The number of hydrogen-bond donors (Lipinski definition) is 0. The molecule has 1 atom stereocenters. The Labute approximate surface area is 69.1 Å². The number of ether oxygens (including phenoxy) is 1. The van der Waals surface area contributed by atoms with Crippen LogP contribution in [0, 0.1) is 0 Å². The van der Waals surface area contributed by atoms with Crippen molar-refractivity contribution in [3.8, 4) is 0 Å². The van der Waals surface area contributed by atoms with Crippen molar-refractivity contribution in [2.75, 3.05) is 0 Å². The zero-order chi connectivity index (χ0) is 8.69. The van der Waals surface area contributed by atoms with Gasteiger partial charge in [-0.2, -0.15) is 0 Å². The Morgan fingerprint density at radius 2 is 2.18 bits per heavy atom. The minimum Gasteiger partial charge on any atom is -0.495 e. The average molecular weight is 152 g/mol. The van der Waals surface area contributed by atoms with Gasteiger partial charge in [-0.15, -0.1) is 6.58 Å². The van der Waals surface area contributed by atoms with Crippen LogP contribution >= 0.6 is 0 Å². The monoisotopic (exact) mass is 152 g/mol. The number of rotatable bonds is 6. The van der Waals surface area contributed by atoms with Crippen LogP contribution in [0.25, 0.3) is 0 Å². The predicted molar refractivity (Wildman–Crippen MR) is 49.3 cm³/mol.